The number of ketones is 1. The number of hydrogen-bond donors (Lipinski definition) is 1. The van der Waals surface area contributed by atoms with Gasteiger partial charge in [-0.05, 0) is 88.6 Å². The number of nitrogens with one attached hydrogen (secondary N) is 1. The van der Waals surface area contributed by atoms with Crippen molar-refractivity contribution >= 4 is 11.7 Å². The van der Waals surface area contributed by atoms with Crippen molar-refractivity contribution < 1.29 is 9.59 Å². The summed E-state index contributed by atoms with van der Waals surface area (Å²) in [5.41, 5.74) is 0.521. The number of likely N-dealkylation sites (tertiary alicyclic amines) is 1. The van der Waals surface area contributed by atoms with E-state index in [1.165, 1.54) is 25.7 Å². The van der Waals surface area contributed by atoms with E-state index in [9.17, 15) is 9.59 Å². The van der Waals surface area contributed by atoms with Crippen LogP contribution in [0.1, 0.15) is 71.1 Å². The Hall–Kier alpha value is -0.900. The van der Waals surface area contributed by atoms with Gasteiger partial charge in [-0.1, -0.05) is 0 Å². The van der Waals surface area contributed by atoms with Crippen LogP contribution in [0.3, 0.4) is 0 Å². The zero-order valence-electron chi connectivity index (χ0n) is 15.3. The molecule has 1 spiro atoms. The van der Waals surface area contributed by atoms with E-state index in [1.807, 2.05) is 0 Å². The number of carbonyl (C=O) groups excluding carboxylic acids is 2. The van der Waals surface area contributed by atoms with E-state index >= 15 is 0 Å². The Morgan fingerprint density at radius 2 is 1.46 bits per heavy atom. The average Bonchev–Trinajstić information content (AvgIpc) is 2.57. The topological polar surface area (TPSA) is 49.4 Å². The second-order valence-electron chi connectivity index (χ2n) is 8.63. The number of carbonyl (C=O) groups is 2. The molecule has 2 heterocycles. The summed E-state index contributed by atoms with van der Waals surface area (Å²) in [5, 5.41) is 3.46. The summed E-state index contributed by atoms with van der Waals surface area (Å²) in [4.78, 5) is 26.0. The first-order valence-corrected chi connectivity index (χ1v) is 10.0. The molecule has 1 amide bonds. The first-order chi connectivity index (χ1) is 11.6. The molecule has 0 aromatic carbocycles. The van der Waals surface area contributed by atoms with Crippen molar-refractivity contribution in [2.45, 2.75) is 71.1 Å². The number of piperidine rings is 2. The second kappa shape index (κ2) is 7.99. The quantitative estimate of drug-likeness (QED) is 0.859. The van der Waals surface area contributed by atoms with E-state index in [4.69, 9.17) is 0 Å². The summed E-state index contributed by atoms with van der Waals surface area (Å²) in [6.07, 6.45) is 11.0. The Kier molecular flexibility index (Phi) is 5.96. The van der Waals surface area contributed by atoms with E-state index in [-0.39, 0.29) is 0 Å². The van der Waals surface area contributed by atoms with Gasteiger partial charge in [0.25, 0.3) is 0 Å². The van der Waals surface area contributed by atoms with E-state index in [0.717, 1.165) is 64.7 Å². The summed E-state index contributed by atoms with van der Waals surface area (Å²) >= 11 is 0. The first kappa shape index (κ1) is 17.9. The molecule has 136 valence electrons. The maximum Gasteiger partial charge on any atom is 0.222 e. The van der Waals surface area contributed by atoms with Gasteiger partial charge in [-0.25, -0.2) is 0 Å². The Balaban J connectivity index is 1.39. The van der Waals surface area contributed by atoms with Crippen LogP contribution in [0.15, 0.2) is 0 Å². The molecular formula is C20H34N2O2. The SMILES string of the molecule is CC(=O)CC1CCC(CC(=O)N2CCC3(CCNCC3)CC2)CC1. The van der Waals surface area contributed by atoms with E-state index in [2.05, 4.69) is 10.2 Å². The molecule has 0 aromatic rings. The van der Waals surface area contributed by atoms with Crippen LogP contribution in [0.5, 0.6) is 0 Å². The van der Waals surface area contributed by atoms with Crippen LogP contribution in [0.25, 0.3) is 0 Å². The second-order valence-corrected chi connectivity index (χ2v) is 8.63. The fourth-order valence-corrected chi connectivity index (χ4v) is 5.11. The van der Waals surface area contributed by atoms with Crippen LogP contribution in [-0.4, -0.2) is 42.8 Å². The zero-order chi connectivity index (χ0) is 17.0. The predicted octanol–water partition coefficient (Wildman–Crippen LogP) is 3.15. The maximum absolute atomic E-state index is 12.7. The van der Waals surface area contributed by atoms with Crippen molar-refractivity contribution in [1.29, 1.82) is 0 Å². The minimum absolute atomic E-state index is 0.315. The molecule has 0 radical (unpaired) electrons. The Morgan fingerprint density at radius 1 is 0.917 bits per heavy atom. The molecule has 0 atom stereocenters. The third-order valence-corrected chi connectivity index (χ3v) is 6.85. The molecule has 1 N–H and O–H groups in total. The van der Waals surface area contributed by atoms with Gasteiger partial charge in [0.05, 0.1) is 0 Å². The molecule has 1 saturated carbocycles. The normalized spacial score (nSPS) is 30.3. The lowest BCUT2D eigenvalue weighted by Gasteiger charge is -2.44. The van der Waals surface area contributed by atoms with E-state index in [0.29, 0.717) is 28.9 Å². The highest BCUT2D eigenvalue weighted by molar-refractivity contribution is 5.76. The number of rotatable bonds is 4. The molecule has 3 rings (SSSR count). The Morgan fingerprint density at radius 3 is 2.00 bits per heavy atom. The van der Waals surface area contributed by atoms with Gasteiger partial charge in [-0.2, -0.15) is 0 Å². The lowest BCUT2D eigenvalue weighted by molar-refractivity contribution is -0.135. The van der Waals surface area contributed by atoms with Gasteiger partial charge in [0.15, 0.2) is 0 Å². The highest BCUT2D eigenvalue weighted by Gasteiger charge is 2.37. The van der Waals surface area contributed by atoms with Crippen molar-refractivity contribution in [2.24, 2.45) is 17.3 Å². The lowest BCUT2D eigenvalue weighted by Crippen LogP contribution is -2.47. The maximum atomic E-state index is 12.7. The average molecular weight is 335 g/mol. The van der Waals surface area contributed by atoms with E-state index < -0.39 is 0 Å². The van der Waals surface area contributed by atoms with E-state index in [1.54, 1.807) is 6.92 Å². The third kappa shape index (κ3) is 4.59. The van der Waals surface area contributed by atoms with Gasteiger partial charge < -0.3 is 15.0 Å². The minimum Gasteiger partial charge on any atom is -0.343 e. The molecular weight excluding hydrogens is 300 g/mol. The molecule has 2 saturated heterocycles. The molecule has 4 heteroatoms. The molecule has 4 nitrogen and oxygen atoms in total. The van der Waals surface area contributed by atoms with Gasteiger partial charge in [-0.3, -0.25) is 4.79 Å². The summed E-state index contributed by atoms with van der Waals surface area (Å²) in [5.74, 6) is 1.82. The third-order valence-electron chi connectivity index (χ3n) is 6.85. The standard InChI is InChI=1S/C20H34N2O2/c1-16(23)14-17-2-4-18(5-3-17)15-19(24)22-12-8-20(9-13-22)6-10-21-11-7-20/h17-18,21H,2-15H2,1H3. The highest BCUT2D eigenvalue weighted by atomic mass is 16.2. The molecule has 0 aromatic heterocycles. The summed E-state index contributed by atoms with van der Waals surface area (Å²) in [6.45, 7) is 5.94. The Bertz CT molecular complexity index is 439. The van der Waals surface area contributed by atoms with Gasteiger partial charge in [0.1, 0.15) is 5.78 Å². The number of hydrogen-bond acceptors (Lipinski definition) is 3. The van der Waals surface area contributed by atoms with Crippen LogP contribution in [0.2, 0.25) is 0 Å². The van der Waals surface area contributed by atoms with Crippen LogP contribution in [0.4, 0.5) is 0 Å². The Labute approximate surface area is 146 Å². The molecule has 3 fully saturated rings. The van der Waals surface area contributed by atoms with Crippen molar-refractivity contribution in [3.63, 3.8) is 0 Å². The fraction of sp³-hybridized carbons (Fsp3) is 0.900. The van der Waals surface area contributed by atoms with Gasteiger partial charge in [-0.15, -0.1) is 0 Å². The van der Waals surface area contributed by atoms with Crippen LogP contribution >= 0.6 is 0 Å². The molecule has 1 aliphatic carbocycles. The van der Waals surface area contributed by atoms with Crippen LogP contribution in [-0.2, 0) is 9.59 Å². The monoisotopic (exact) mass is 334 g/mol. The molecule has 3 aliphatic rings. The minimum atomic E-state index is 0.315. The van der Waals surface area contributed by atoms with Crippen molar-refractivity contribution in [3.8, 4) is 0 Å². The summed E-state index contributed by atoms with van der Waals surface area (Å²) in [7, 11) is 0. The smallest absolute Gasteiger partial charge is 0.222 e. The van der Waals surface area contributed by atoms with Gasteiger partial charge >= 0.3 is 0 Å². The van der Waals surface area contributed by atoms with Crippen LogP contribution < -0.4 is 5.32 Å². The van der Waals surface area contributed by atoms with Crippen molar-refractivity contribution in [1.82, 2.24) is 10.2 Å². The first-order valence-electron chi connectivity index (χ1n) is 10.0. The number of nitrogens with zero attached hydrogens (tertiary/aromatic N) is 1. The highest BCUT2D eigenvalue weighted by Crippen LogP contribution is 2.40. The lowest BCUT2D eigenvalue weighted by atomic mass is 9.71. The predicted molar refractivity (Wildman–Crippen MR) is 95.7 cm³/mol. The van der Waals surface area contributed by atoms with Gasteiger partial charge in [0, 0.05) is 25.9 Å². The van der Waals surface area contributed by atoms with Crippen molar-refractivity contribution in [2.75, 3.05) is 26.2 Å². The van der Waals surface area contributed by atoms with Gasteiger partial charge in [0.2, 0.25) is 5.91 Å². The largest absolute Gasteiger partial charge is 0.343 e. The molecule has 2 aliphatic heterocycles. The summed E-state index contributed by atoms with van der Waals surface area (Å²) in [6, 6.07) is 0. The molecule has 24 heavy (non-hydrogen) atoms. The van der Waals surface area contributed by atoms with Crippen molar-refractivity contribution in [3.05, 3.63) is 0 Å². The molecule has 0 unspecified atom stereocenters. The zero-order valence-corrected chi connectivity index (χ0v) is 15.3. The number of amides is 1. The fourth-order valence-electron chi connectivity index (χ4n) is 5.11. The van der Waals surface area contributed by atoms with Crippen LogP contribution in [0, 0.1) is 17.3 Å². The number of Topliss-reactive ketones (excluding diaryl/α,β-unsaturated/α-hetero) is 1. The summed E-state index contributed by atoms with van der Waals surface area (Å²) < 4.78 is 0. The molecule has 0 bridgehead atoms.